The van der Waals surface area contributed by atoms with Gasteiger partial charge in [-0.1, -0.05) is 0 Å². The normalized spacial score (nSPS) is 9.94. The third kappa shape index (κ3) is 2.97. The van der Waals surface area contributed by atoms with Gasteiger partial charge in [-0.05, 0) is 12.1 Å². The lowest BCUT2D eigenvalue weighted by Gasteiger charge is -2.05. The summed E-state index contributed by atoms with van der Waals surface area (Å²) in [5, 5.41) is 10.6. The Bertz CT molecular complexity index is 490. The zero-order valence-corrected chi connectivity index (χ0v) is 9.16. The molecule has 3 N–H and O–H groups in total. The van der Waals surface area contributed by atoms with Crippen molar-refractivity contribution in [2.45, 2.75) is 6.54 Å². The summed E-state index contributed by atoms with van der Waals surface area (Å²) in [6, 6.07) is 3.80. The molecule has 2 aromatic heterocycles. The van der Waals surface area contributed by atoms with Crippen LogP contribution in [0, 0.1) is 0 Å². The zero-order chi connectivity index (χ0) is 12.1. The second-order valence-electron chi connectivity index (χ2n) is 3.07. The molecule has 0 aromatic carbocycles. The van der Waals surface area contributed by atoms with Gasteiger partial charge in [0.2, 0.25) is 11.9 Å². The lowest BCUT2D eigenvalue weighted by molar-refractivity contribution is 0.379. The highest BCUT2D eigenvalue weighted by Crippen LogP contribution is 2.08. The molecule has 2 aromatic rings. The molecule has 0 saturated carbocycles. The van der Waals surface area contributed by atoms with Crippen LogP contribution in [0.25, 0.3) is 0 Å². The van der Waals surface area contributed by atoms with E-state index in [-0.39, 0.29) is 12.0 Å². The number of nitrogens with zero attached hydrogens (tertiary/aromatic N) is 5. The van der Waals surface area contributed by atoms with Crippen LogP contribution in [-0.4, -0.2) is 32.3 Å². The van der Waals surface area contributed by atoms with E-state index in [4.69, 9.17) is 10.5 Å². The highest BCUT2D eigenvalue weighted by atomic mass is 16.5. The van der Waals surface area contributed by atoms with Gasteiger partial charge in [-0.25, -0.2) is 0 Å². The first-order valence-electron chi connectivity index (χ1n) is 4.84. The molecular formula is C9H11N7O. The number of aromatic nitrogens is 5. The first-order valence-corrected chi connectivity index (χ1v) is 4.84. The number of nitrogens with two attached hydrogens (primary N) is 1. The Morgan fingerprint density at radius 1 is 1.35 bits per heavy atom. The summed E-state index contributed by atoms with van der Waals surface area (Å²) in [5.41, 5.74) is 6.26. The van der Waals surface area contributed by atoms with Crippen molar-refractivity contribution in [2.24, 2.45) is 0 Å². The standard InChI is InChI=1S/C9H11N7O/c1-17-9-14-7(10)13-8(15-9)11-5-6-3-2-4-12-16-6/h2-4H,5H2,1H3,(H3,10,11,13,14,15). The topological polar surface area (TPSA) is 112 Å². The maximum absolute atomic E-state index is 5.49. The molecule has 0 radical (unpaired) electrons. The first kappa shape index (κ1) is 11.0. The van der Waals surface area contributed by atoms with Gasteiger partial charge in [0.25, 0.3) is 0 Å². The van der Waals surface area contributed by atoms with Crippen LogP contribution in [0.5, 0.6) is 6.01 Å². The van der Waals surface area contributed by atoms with Gasteiger partial charge in [0.15, 0.2) is 0 Å². The Morgan fingerprint density at radius 3 is 2.94 bits per heavy atom. The van der Waals surface area contributed by atoms with E-state index in [1.165, 1.54) is 7.11 Å². The third-order valence-corrected chi connectivity index (χ3v) is 1.87. The first-order chi connectivity index (χ1) is 8.28. The highest BCUT2D eigenvalue weighted by molar-refractivity contribution is 5.32. The quantitative estimate of drug-likeness (QED) is 0.750. The number of rotatable bonds is 4. The summed E-state index contributed by atoms with van der Waals surface area (Å²) in [7, 11) is 1.46. The molecule has 17 heavy (non-hydrogen) atoms. The molecule has 88 valence electrons. The maximum atomic E-state index is 5.49. The van der Waals surface area contributed by atoms with E-state index in [2.05, 4.69) is 30.5 Å². The minimum Gasteiger partial charge on any atom is -0.467 e. The molecule has 8 heteroatoms. The molecule has 0 saturated heterocycles. The Balaban J connectivity index is 2.06. The predicted octanol–water partition coefficient (Wildman–Crippen LogP) is -0.136. The van der Waals surface area contributed by atoms with E-state index < -0.39 is 0 Å². The molecule has 0 aliphatic heterocycles. The number of nitrogen functional groups attached to an aromatic ring is 1. The van der Waals surface area contributed by atoms with Crippen molar-refractivity contribution < 1.29 is 4.74 Å². The number of methoxy groups -OCH3 is 1. The molecule has 2 rings (SSSR count). The van der Waals surface area contributed by atoms with Crippen LogP contribution < -0.4 is 15.8 Å². The fraction of sp³-hybridized carbons (Fsp3) is 0.222. The Morgan fingerprint density at radius 2 is 2.24 bits per heavy atom. The van der Waals surface area contributed by atoms with E-state index in [0.29, 0.717) is 12.5 Å². The van der Waals surface area contributed by atoms with Crippen molar-refractivity contribution in [3.8, 4) is 6.01 Å². The number of ether oxygens (including phenoxy) is 1. The zero-order valence-electron chi connectivity index (χ0n) is 9.16. The van der Waals surface area contributed by atoms with Gasteiger partial charge in [0.05, 0.1) is 19.3 Å². The molecule has 0 spiro atoms. The van der Waals surface area contributed by atoms with Gasteiger partial charge in [-0.15, -0.1) is 0 Å². The number of hydrogen-bond donors (Lipinski definition) is 2. The van der Waals surface area contributed by atoms with Crippen LogP contribution in [0.2, 0.25) is 0 Å². The molecule has 0 fully saturated rings. The lowest BCUT2D eigenvalue weighted by Crippen LogP contribution is -2.09. The molecule has 0 aliphatic carbocycles. The molecular weight excluding hydrogens is 222 g/mol. The fourth-order valence-corrected chi connectivity index (χ4v) is 1.14. The van der Waals surface area contributed by atoms with E-state index in [1.807, 2.05) is 6.07 Å². The van der Waals surface area contributed by atoms with E-state index in [9.17, 15) is 0 Å². The van der Waals surface area contributed by atoms with E-state index in [1.54, 1.807) is 12.3 Å². The monoisotopic (exact) mass is 233 g/mol. The van der Waals surface area contributed by atoms with Crippen molar-refractivity contribution >= 4 is 11.9 Å². The molecule has 0 unspecified atom stereocenters. The summed E-state index contributed by atoms with van der Waals surface area (Å²) in [4.78, 5) is 11.7. The average molecular weight is 233 g/mol. The Labute approximate surface area is 97.3 Å². The second kappa shape index (κ2) is 5.01. The molecule has 8 nitrogen and oxygen atoms in total. The minimum absolute atomic E-state index is 0.0958. The minimum atomic E-state index is 0.0958. The van der Waals surface area contributed by atoms with E-state index in [0.717, 1.165) is 5.69 Å². The van der Waals surface area contributed by atoms with Crippen LogP contribution in [0.15, 0.2) is 18.3 Å². The van der Waals surface area contributed by atoms with Gasteiger partial charge in [-0.3, -0.25) is 0 Å². The van der Waals surface area contributed by atoms with Crippen LogP contribution in [0.4, 0.5) is 11.9 Å². The molecule has 2 heterocycles. The van der Waals surface area contributed by atoms with E-state index >= 15 is 0 Å². The van der Waals surface area contributed by atoms with Crippen molar-refractivity contribution in [3.05, 3.63) is 24.0 Å². The average Bonchev–Trinajstić information content (AvgIpc) is 2.37. The Kier molecular flexibility index (Phi) is 3.24. The molecule has 0 atom stereocenters. The van der Waals surface area contributed by atoms with Crippen LogP contribution in [0.1, 0.15) is 5.69 Å². The van der Waals surface area contributed by atoms with Crippen molar-refractivity contribution in [1.82, 2.24) is 25.1 Å². The summed E-state index contributed by atoms with van der Waals surface area (Å²) < 4.78 is 4.88. The number of hydrogen-bond acceptors (Lipinski definition) is 8. The molecule has 0 aliphatic rings. The smallest absolute Gasteiger partial charge is 0.322 e. The summed E-state index contributed by atoms with van der Waals surface area (Å²) in [6.45, 7) is 0.445. The predicted molar refractivity (Wildman–Crippen MR) is 60.2 cm³/mol. The fourth-order valence-electron chi connectivity index (χ4n) is 1.14. The Hall–Kier alpha value is -2.51. The highest BCUT2D eigenvalue weighted by Gasteiger charge is 2.04. The molecule has 0 bridgehead atoms. The van der Waals surface area contributed by atoms with Crippen LogP contribution >= 0.6 is 0 Å². The number of anilines is 2. The molecule has 0 amide bonds. The maximum Gasteiger partial charge on any atom is 0.322 e. The SMILES string of the molecule is COc1nc(N)nc(NCc2cccnn2)n1. The van der Waals surface area contributed by atoms with Gasteiger partial charge in [-0.2, -0.15) is 25.1 Å². The van der Waals surface area contributed by atoms with Crippen molar-refractivity contribution in [2.75, 3.05) is 18.2 Å². The van der Waals surface area contributed by atoms with Crippen molar-refractivity contribution in [3.63, 3.8) is 0 Å². The summed E-state index contributed by atoms with van der Waals surface area (Å²) >= 11 is 0. The number of nitrogens with one attached hydrogen (secondary N) is 1. The second-order valence-corrected chi connectivity index (χ2v) is 3.07. The van der Waals surface area contributed by atoms with Crippen molar-refractivity contribution in [1.29, 1.82) is 0 Å². The van der Waals surface area contributed by atoms with Gasteiger partial charge in [0, 0.05) is 6.20 Å². The lowest BCUT2D eigenvalue weighted by atomic mass is 10.4. The van der Waals surface area contributed by atoms with Gasteiger partial charge >= 0.3 is 6.01 Å². The van der Waals surface area contributed by atoms with Crippen LogP contribution in [-0.2, 0) is 6.54 Å². The van der Waals surface area contributed by atoms with Gasteiger partial charge in [0.1, 0.15) is 0 Å². The van der Waals surface area contributed by atoms with Crippen LogP contribution in [0.3, 0.4) is 0 Å². The van der Waals surface area contributed by atoms with Gasteiger partial charge < -0.3 is 15.8 Å². The third-order valence-electron chi connectivity index (χ3n) is 1.87. The largest absolute Gasteiger partial charge is 0.467 e. The summed E-state index contributed by atoms with van der Waals surface area (Å²) in [6.07, 6.45) is 1.60. The summed E-state index contributed by atoms with van der Waals surface area (Å²) in [5.74, 6) is 0.429.